The first kappa shape index (κ1) is 67.6. The van der Waals surface area contributed by atoms with Gasteiger partial charge in [0.05, 0.1) is 59.5 Å². The lowest BCUT2D eigenvalue weighted by atomic mass is 10.1. The number of nitrogens with zero attached hydrogens (tertiary/aromatic N) is 9. The van der Waals surface area contributed by atoms with E-state index in [0.29, 0.717) is 156 Å². The predicted octanol–water partition coefficient (Wildman–Crippen LogP) is 7.74. The first-order valence-electron chi connectivity index (χ1n) is 31.8. The van der Waals surface area contributed by atoms with Crippen LogP contribution in [0.3, 0.4) is 0 Å². The van der Waals surface area contributed by atoms with Crippen LogP contribution in [0.15, 0.2) is 127 Å². The molecule has 1 unspecified atom stereocenters. The van der Waals surface area contributed by atoms with Crippen molar-refractivity contribution in [3.05, 3.63) is 130 Å². The number of aliphatic carboxylic acids is 1. The van der Waals surface area contributed by atoms with Gasteiger partial charge in [0.1, 0.15) is 35.8 Å². The van der Waals surface area contributed by atoms with Gasteiger partial charge in [0.2, 0.25) is 5.91 Å². The molecule has 6 bridgehead atoms. The van der Waals surface area contributed by atoms with Gasteiger partial charge < -0.3 is 57.1 Å². The van der Waals surface area contributed by atoms with Crippen molar-refractivity contribution in [3.8, 4) is 0 Å². The molecule has 4 aromatic carbocycles. The number of benzene rings is 4. The third-order valence-corrected chi connectivity index (χ3v) is 27.5. The number of methoxy groups -OCH3 is 1. The Balaban J connectivity index is 0.969. The fraction of sp³-hybridized carbons (Fsp3) is 0.462. The van der Waals surface area contributed by atoms with E-state index in [9.17, 15) is 14.4 Å². The van der Waals surface area contributed by atoms with Crippen LogP contribution in [0.1, 0.15) is 61.3 Å². The second-order valence-corrected chi connectivity index (χ2v) is 35.5. The summed E-state index contributed by atoms with van der Waals surface area (Å²) in [4.78, 5) is 72.8. The maximum Gasteiger partial charge on any atom is 0.582 e. The second kappa shape index (κ2) is 32.1. The molecular formula is C65H85N11O13Si3. The van der Waals surface area contributed by atoms with Gasteiger partial charge in [-0.2, -0.15) is 0 Å². The summed E-state index contributed by atoms with van der Waals surface area (Å²) < 4.78 is 59.8. The van der Waals surface area contributed by atoms with Crippen LogP contribution in [0, 0.1) is 0 Å². The quantitative estimate of drug-likeness (QED) is 0.0247. The van der Waals surface area contributed by atoms with Crippen LogP contribution >= 0.6 is 0 Å². The predicted molar refractivity (Wildman–Crippen MR) is 359 cm³/mol. The zero-order chi connectivity index (χ0) is 64.5. The second-order valence-electron chi connectivity index (χ2n) is 23.9. The van der Waals surface area contributed by atoms with E-state index < -0.39 is 50.1 Å². The van der Waals surface area contributed by atoms with Crippen molar-refractivity contribution in [2.75, 3.05) is 119 Å². The first-order chi connectivity index (χ1) is 44.7. The number of unbranched alkanes of at least 4 members (excludes halogenated alkanes) is 1. The van der Waals surface area contributed by atoms with Gasteiger partial charge in [0, 0.05) is 90.2 Å². The van der Waals surface area contributed by atoms with Crippen molar-refractivity contribution >= 4 is 100 Å². The van der Waals surface area contributed by atoms with Crippen molar-refractivity contribution in [1.29, 1.82) is 0 Å². The molecule has 24 nitrogen and oxygen atoms in total. The number of carbonyl (C=O) groups excluding carboxylic acids is 2. The third-order valence-electron chi connectivity index (χ3n) is 15.9. The number of rotatable bonds is 38. The molecule has 92 heavy (non-hydrogen) atoms. The lowest BCUT2D eigenvalue weighted by molar-refractivity contribution is -0.143. The molecule has 4 aliphatic rings. The summed E-state index contributed by atoms with van der Waals surface area (Å²) in [5.74, 6) is 1.33. The van der Waals surface area contributed by atoms with Crippen LogP contribution in [0.25, 0.3) is 21.5 Å². The highest BCUT2D eigenvalue weighted by Gasteiger charge is 2.58. The first-order valence-corrected chi connectivity index (χ1v) is 39.8. The molecule has 0 spiro atoms. The number of carbonyl (C=O) groups is 3. The Morgan fingerprint density at radius 3 is 1.46 bits per heavy atom. The zero-order valence-electron chi connectivity index (χ0n) is 53.6. The van der Waals surface area contributed by atoms with Crippen LogP contribution in [0.4, 0.5) is 16.4 Å². The lowest BCUT2D eigenvalue weighted by Crippen LogP contribution is -2.70. The van der Waals surface area contributed by atoms with Gasteiger partial charge in [-0.1, -0.05) is 110 Å². The molecule has 27 heteroatoms. The van der Waals surface area contributed by atoms with Gasteiger partial charge in [0.25, 0.3) is 0 Å². The molecule has 0 aliphatic carbocycles. The van der Waals surface area contributed by atoms with Crippen molar-refractivity contribution in [2.24, 2.45) is 30.0 Å². The van der Waals surface area contributed by atoms with Crippen molar-refractivity contribution < 1.29 is 60.9 Å². The molecule has 6 aromatic rings. The summed E-state index contributed by atoms with van der Waals surface area (Å²) in [6.45, 7) is 17.6. The van der Waals surface area contributed by atoms with E-state index in [1.165, 1.54) is 0 Å². The smallest absolute Gasteiger partial charge is 0.480 e. The summed E-state index contributed by atoms with van der Waals surface area (Å²) >= 11 is 0. The average Bonchev–Trinajstić information content (AvgIpc) is 1.51. The molecule has 4 aliphatic heterocycles. The molecule has 0 saturated carbocycles. The van der Waals surface area contributed by atoms with E-state index in [1.807, 2.05) is 97.1 Å². The van der Waals surface area contributed by atoms with Crippen molar-refractivity contribution in [1.82, 2.24) is 24.0 Å². The molecule has 490 valence electrons. The minimum absolute atomic E-state index is 0.218. The number of carboxylic acid groups (broad SMARTS) is 1. The van der Waals surface area contributed by atoms with E-state index in [4.69, 9.17) is 76.4 Å². The summed E-state index contributed by atoms with van der Waals surface area (Å²) in [5.41, 5.74) is 4.30. The molecule has 6 heterocycles. The number of aromatic nitrogens is 2. The highest BCUT2D eigenvalue weighted by Crippen LogP contribution is 2.45. The summed E-state index contributed by atoms with van der Waals surface area (Å²) in [6.07, 6.45) is 3.27. The molecule has 2 amide bonds. The van der Waals surface area contributed by atoms with Crippen LogP contribution in [0.5, 0.6) is 0 Å². The fourth-order valence-electron chi connectivity index (χ4n) is 11.4. The van der Waals surface area contributed by atoms with E-state index in [1.54, 1.807) is 7.11 Å². The standard InChI is InChI=1S/C65H85N11O13Si3/c1-7-8-33-82-39-40-83-35-31-74(32-36-84-41-42-85-38-37-81-2)30-19-34-87-65(80)67-29-18-44-91(5,6)89-92(88-90(3,4)43-17-28-66-55(77)45-86-46-56(78)79)75-61-51-24-13-14-25-52(51)63(75)72-59-49-22-11-12-23-50(49)60(69-59)73-64-54-27-16-15-26-53(54)62(76(64)92)71-58-48-21-10-9-20-47(48)57(68-58)70-61/h9-16,20-27H,7-8,17-19,28-46H2,1-6H3,(H,66,77)(H,67,80)(H,78,79). The number of fused-ring (bicyclic) bond motifs is 14. The number of hydrogen-bond acceptors (Lipinski definition) is 19. The fourth-order valence-corrected chi connectivity index (χ4v) is 24.0. The number of hydrogen-bond donors (Lipinski definition) is 3. The summed E-state index contributed by atoms with van der Waals surface area (Å²) in [5, 5.41) is 18.2. The Morgan fingerprint density at radius 2 is 0.957 bits per heavy atom. The number of nitrogens with one attached hydrogen (secondary N) is 2. The minimum atomic E-state index is -4.61. The van der Waals surface area contributed by atoms with Gasteiger partial charge in [-0.15, -0.1) is 0 Å². The Labute approximate surface area is 539 Å². The van der Waals surface area contributed by atoms with Crippen molar-refractivity contribution in [2.45, 2.75) is 77.3 Å². The lowest BCUT2D eigenvalue weighted by Gasteiger charge is -2.43. The highest BCUT2D eigenvalue weighted by molar-refractivity contribution is 6.88. The van der Waals surface area contributed by atoms with Crippen LogP contribution in [0.2, 0.25) is 38.3 Å². The SMILES string of the molecule is CCCCOCCOCCN(CCCOC(=O)NCCC[Si](C)(C)O[Si]1(O[Si](C)(C)CCCNC(=O)COCC(=O)O)n2c3c4ccccc4c2N=C2N=C(N=c4c5ccccc5c(n41)=NC1=NC(=N3)c3ccccc31)c1ccccc12)CCOCCOCCOC. The third kappa shape index (κ3) is 16.7. The van der Waals surface area contributed by atoms with E-state index >= 15 is 0 Å². The highest BCUT2D eigenvalue weighted by atomic mass is 28.5. The van der Waals surface area contributed by atoms with E-state index in [-0.39, 0.29) is 19.8 Å². The monoisotopic (exact) mass is 1310 g/mol. The summed E-state index contributed by atoms with van der Waals surface area (Å²) in [6, 6.07) is 33.2. The average molecular weight is 1310 g/mol. The van der Waals surface area contributed by atoms with Gasteiger partial charge in [-0.05, 0) is 64.0 Å². The molecule has 0 fully saturated rings. The normalized spacial score (nSPS) is 15.5. The Hall–Kier alpha value is -7.26. The molecule has 10 rings (SSSR count). The molecule has 2 aromatic heterocycles. The van der Waals surface area contributed by atoms with Gasteiger partial charge in [0.15, 0.2) is 40.0 Å². The van der Waals surface area contributed by atoms with E-state index in [2.05, 4.69) is 57.1 Å². The van der Waals surface area contributed by atoms with Gasteiger partial charge >= 0.3 is 20.9 Å². The largest absolute Gasteiger partial charge is 0.582 e. The number of ether oxygens (including phenoxy) is 7. The van der Waals surface area contributed by atoms with Crippen LogP contribution in [-0.4, -0.2) is 204 Å². The maximum atomic E-state index is 13.5. The number of aliphatic imine (C=N–C) groups is 4. The van der Waals surface area contributed by atoms with Gasteiger partial charge in [-0.25, -0.2) is 39.5 Å². The Kier molecular flexibility index (Phi) is 23.6. The molecule has 0 radical (unpaired) electrons. The van der Waals surface area contributed by atoms with Crippen LogP contribution < -0.4 is 21.6 Å². The van der Waals surface area contributed by atoms with Gasteiger partial charge in [-0.3, -0.25) is 18.2 Å². The number of carboxylic acids is 1. The molecule has 0 saturated heterocycles. The van der Waals surface area contributed by atoms with Crippen molar-refractivity contribution in [3.63, 3.8) is 0 Å². The van der Waals surface area contributed by atoms with E-state index in [0.717, 1.165) is 63.2 Å². The number of alkyl carbamates (subject to hydrolysis) is 1. The van der Waals surface area contributed by atoms with Crippen LogP contribution in [-0.2, 0) is 51.0 Å². The Bertz CT molecular complexity index is 3670. The maximum absolute atomic E-state index is 13.5. The molecular weight excluding hydrogens is 1230 g/mol. The molecule has 3 N–H and O–H groups in total. The molecule has 1 atom stereocenters. The summed E-state index contributed by atoms with van der Waals surface area (Å²) in [7, 11) is -9.17. The minimum Gasteiger partial charge on any atom is -0.480 e. The zero-order valence-corrected chi connectivity index (χ0v) is 56.6. The topological polar surface area (TPSA) is 266 Å². The number of amides is 2. The number of amidine groups is 4. The Morgan fingerprint density at radius 1 is 0.500 bits per heavy atom.